The summed E-state index contributed by atoms with van der Waals surface area (Å²) < 4.78 is 5.53. The van der Waals surface area contributed by atoms with E-state index in [9.17, 15) is 4.79 Å². The van der Waals surface area contributed by atoms with E-state index >= 15 is 0 Å². The summed E-state index contributed by atoms with van der Waals surface area (Å²) in [6, 6.07) is 18.0. The number of rotatable bonds is 4. The molecule has 0 spiro atoms. The maximum atomic E-state index is 12.0. The SMILES string of the molecule is C[C@@H](OC(=O)Cc1ccccc1)c1ccc(C(C)(C)C)cc1. The maximum Gasteiger partial charge on any atom is 0.310 e. The molecule has 2 aromatic rings. The highest BCUT2D eigenvalue weighted by Gasteiger charge is 2.16. The molecule has 0 aliphatic heterocycles. The lowest BCUT2D eigenvalue weighted by Crippen LogP contribution is -2.13. The predicted molar refractivity (Wildman–Crippen MR) is 89.8 cm³/mol. The Kier molecular flexibility index (Phi) is 5.02. The van der Waals surface area contributed by atoms with Crippen molar-refractivity contribution in [2.75, 3.05) is 0 Å². The normalized spacial score (nSPS) is 12.7. The number of ether oxygens (including phenoxy) is 1. The summed E-state index contributed by atoms with van der Waals surface area (Å²) in [5.74, 6) is -0.196. The van der Waals surface area contributed by atoms with Gasteiger partial charge in [0.25, 0.3) is 0 Å². The molecule has 0 bridgehead atoms. The van der Waals surface area contributed by atoms with Crippen LogP contribution < -0.4 is 0 Å². The van der Waals surface area contributed by atoms with Crippen LogP contribution in [0.15, 0.2) is 54.6 Å². The minimum Gasteiger partial charge on any atom is -0.458 e. The molecular formula is C20H24O2. The van der Waals surface area contributed by atoms with Crippen LogP contribution in [0, 0.1) is 0 Å². The monoisotopic (exact) mass is 296 g/mol. The number of hydrogen-bond acceptors (Lipinski definition) is 2. The van der Waals surface area contributed by atoms with Gasteiger partial charge in [0.15, 0.2) is 0 Å². The number of carbonyl (C=O) groups excluding carboxylic acids is 1. The lowest BCUT2D eigenvalue weighted by molar-refractivity contribution is -0.147. The van der Waals surface area contributed by atoms with Crippen molar-refractivity contribution in [2.45, 2.75) is 45.6 Å². The van der Waals surface area contributed by atoms with Crippen molar-refractivity contribution >= 4 is 5.97 Å². The first-order valence-corrected chi connectivity index (χ1v) is 7.70. The Morgan fingerprint density at radius 3 is 2.14 bits per heavy atom. The first kappa shape index (κ1) is 16.3. The lowest BCUT2D eigenvalue weighted by Gasteiger charge is -2.20. The van der Waals surface area contributed by atoms with Crippen LogP contribution >= 0.6 is 0 Å². The van der Waals surface area contributed by atoms with Crippen molar-refractivity contribution in [1.82, 2.24) is 0 Å². The summed E-state index contributed by atoms with van der Waals surface area (Å²) in [4.78, 5) is 12.0. The molecule has 2 aromatic carbocycles. The van der Waals surface area contributed by atoms with Gasteiger partial charge >= 0.3 is 5.97 Å². The minimum atomic E-state index is -0.231. The van der Waals surface area contributed by atoms with E-state index in [4.69, 9.17) is 4.74 Å². The van der Waals surface area contributed by atoms with Gasteiger partial charge in [0.05, 0.1) is 6.42 Å². The standard InChI is InChI=1S/C20H24O2/c1-15(17-10-12-18(13-11-17)20(2,3)4)22-19(21)14-16-8-6-5-7-9-16/h5-13,15H,14H2,1-4H3/t15-/m1/s1. The molecule has 2 nitrogen and oxygen atoms in total. The first-order chi connectivity index (χ1) is 10.4. The number of hydrogen-bond donors (Lipinski definition) is 0. The second-order valence-corrected chi connectivity index (χ2v) is 6.67. The topological polar surface area (TPSA) is 26.3 Å². The van der Waals surface area contributed by atoms with Gasteiger partial charge in [-0.1, -0.05) is 75.4 Å². The zero-order valence-electron chi connectivity index (χ0n) is 13.8. The fraction of sp³-hybridized carbons (Fsp3) is 0.350. The molecule has 22 heavy (non-hydrogen) atoms. The van der Waals surface area contributed by atoms with Crippen LogP contribution in [0.1, 0.15) is 50.5 Å². The summed E-state index contributed by atoms with van der Waals surface area (Å²) in [5, 5.41) is 0. The molecule has 0 radical (unpaired) electrons. The zero-order valence-corrected chi connectivity index (χ0v) is 13.8. The van der Waals surface area contributed by atoms with E-state index in [0.717, 1.165) is 11.1 Å². The molecule has 1 atom stereocenters. The van der Waals surface area contributed by atoms with Crippen LogP contribution in [0.4, 0.5) is 0 Å². The van der Waals surface area contributed by atoms with Crippen molar-refractivity contribution in [3.63, 3.8) is 0 Å². The highest BCUT2D eigenvalue weighted by molar-refractivity contribution is 5.72. The molecule has 0 aromatic heterocycles. The summed E-state index contributed by atoms with van der Waals surface area (Å²) in [5.41, 5.74) is 3.41. The molecule has 0 fully saturated rings. The van der Waals surface area contributed by atoms with Crippen molar-refractivity contribution in [2.24, 2.45) is 0 Å². The van der Waals surface area contributed by atoms with Crippen LogP contribution in [0.25, 0.3) is 0 Å². The van der Waals surface area contributed by atoms with Crippen molar-refractivity contribution < 1.29 is 9.53 Å². The number of esters is 1. The van der Waals surface area contributed by atoms with Gasteiger partial charge in [-0.25, -0.2) is 0 Å². The van der Waals surface area contributed by atoms with Crippen LogP contribution in [-0.4, -0.2) is 5.97 Å². The largest absolute Gasteiger partial charge is 0.458 e. The predicted octanol–water partition coefficient (Wildman–Crippen LogP) is 4.83. The molecule has 116 valence electrons. The Morgan fingerprint density at radius 2 is 1.59 bits per heavy atom. The highest BCUT2D eigenvalue weighted by Crippen LogP contribution is 2.25. The third-order valence-electron chi connectivity index (χ3n) is 3.75. The molecule has 2 heteroatoms. The van der Waals surface area contributed by atoms with Gasteiger partial charge in [0, 0.05) is 0 Å². The van der Waals surface area contributed by atoms with Crippen LogP contribution in [0.5, 0.6) is 0 Å². The molecule has 0 unspecified atom stereocenters. The minimum absolute atomic E-state index is 0.131. The summed E-state index contributed by atoms with van der Waals surface area (Å²) in [6.45, 7) is 8.47. The third kappa shape index (κ3) is 4.45. The highest BCUT2D eigenvalue weighted by atomic mass is 16.5. The molecule has 0 saturated carbocycles. The molecule has 0 aliphatic rings. The average molecular weight is 296 g/mol. The molecule has 0 amide bonds. The van der Waals surface area contributed by atoms with Gasteiger partial charge in [-0.2, -0.15) is 0 Å². The van der Waals surface area contributed by atoms with E-state index in [1.54, 1.807) is 0 Å². The zero-order chi connectivity index (χ0) is 16.2. The van der Waals surface area contributed by atoms with E-state index in [0.29, 0.717) is 6.42 Å². The molecule has 0 aliphatic carbocycles. The van der Waals surface area contributed by atoms with Gasteiger partial charge in [0.1, 0.15) is 6.10 Å². The number of benzene rings is 2. The fourth-order valence-electron chi connectivity index (χ4n) is 2.32. The van der Waals surface area contributed by atoms with E-state index in [-0.39, 0.29) is 17.5 Å². The molecule has 2 rings (SSSR count). The third-order valence-corrected chi connectivity index (χ3v) is 3.75. The molecule has 0 heterocycles. The smallest absolute Gasteiger partial charge is 0.310 e. The van der Waals surface area contributed by atoms with Crippen molar-refractivity contribution in [1.29, 1.82) is 0 Å². The van der Waals surface area contributed by atoms with E-state index < -0.39 is 0 Å². The van der Waals surface area contributed by atoms with Crippen molar-refractivity contribution in [3.05, 3.63) is 71.3 Å². The van der Waals surface area contributed by atoms with E-state index in [1.807, 2.05) is 49.4 Å². The van der Waals surface area contributed by atoms with Gasteiger partial charge in [-0.15, -0.1) is 0 Å². The van der Waals surface area contributed by atoms with E-state index in [1.165, 1.54) is 5.56 Å². The second kappa shape index (κ2) is 6.78. The Balaban J connectivity index is 1.97. The molecular weight excluding hydrogens is 272 g/mol. The van der Waals surface area contributed by atoms with Gasteiger partial charge < -0.3 is 4.74 Å². The van der Waals surface area contributed by atoms with Crippen LogP contribution in [0.2, 0.25) is 0 Å². The Labute approximate surface area is 133 Å². The summed E-state index contributed by atoms with van der Waals surface area (Å²) in [6.07, 6.45) is 0.0795. The Hall–Kier alpha value is -2.09. The number of carbonyl (C=O) groups is 1. The van der Waals surface area contributed by atoms with E-state index in [2.05, 4.69) is 32.9 Å². The fourth-order valence-corrected chi connectivity index (χ4v) is 2.32. The average Bonchev–Trinajstić information content (AvgIpc) is 2.47. The summed E-state index contributed by atoms with van der Waals surface area (Å²) in [7, 11) is 0. The van der Waals surface area contributed by atoms with Crippen LogP contribution in [-0.2, 0) is 21.4 Å². The second-order valence-electron chi connectivity index (χ2n) is 6.67. The van der Waals surface area contributed by atoms with Crippen molar-refractivity contribution in [3.8, 4) is 0 Å². The van der Waals surface area contributed by atoms with Crippen LogP contribution in [0.3, 0.4) is 0 Å². The quantitative estimate of drug-likeness (QED) is 0.755. The van der Waals surface area contributed by atoms with Gasteiger partial charge in [0.2, 0.25) is 0 Å². The first-order valence-electron chi connectivity index (χ1n) is 7.70. The maximum absolute atomic E-state index is 12.0. The van der Waals surface area contributed by atoms with Gasteiger partial charge in [-0.05, 0) is 29.0 Å². The molecule has 0 saturated heterocycles. The Morgan fingerprint density at radius 1 is 1.00 bits per heavy atom. The Bertz CT molecular complexity index is 606. The lowest BCUT2D eigenvalue weighted by atomic mass is 9.86. The summed E-state index contributed by atoms with van der Waals surface area (Å²) >= 11 is 0. The van der Waals surface area contributed by atoms with Gasteiger partial charge in [-0.3, -0.25) is 4.79 Å². The molecule has 0 N–H and O–H groups in total.